The van der Waals surface area contributed by atoms with Gasteiger partial charge in [-0.25, -0.2) is 0 Å². The van der Waals surface area contributed by atoms with Crippen LogP contribution in [0.2, 0.25) is 0 Å². The molecule has 1 aromatic carbocycles. The third kappa shape index (κ3) is 2.95. The first-order chi connectivity index (χ1) is 10.2. The Labute approximate surface area is 136 Å². The van der Waals surface area contributed by atoms with E-state index in [-0.39, 0.29) is 20.9 Å². The first-order valence-corrected chi connectivity index (χ1v) is 8.90. The molecule has 0 unspecified atom stereocenters. The number of hydrogen-bond acceptors (Lipinski definition) is 3. The van der Waals surface area contributed by atoms with Crippen LogP contribution in [0.15, 0.2) is 34.9 Å². The number of anilines is 1. The van der Waals surface area contributed by atoms with E-state index < -0.39 is 0 Å². The molecule has 0 spiro atoms. The normalized spacial score (nSPS) is 11.0. The minimum atomic E-state index is -0.128. The van der Waals surface area contributed by atoms with Gasteiger partial charge in [0.15, 0.2) is 0 Å². The topological polar surface area (TPSA) is 59.8 Å². The van der Waals surface area contributed by atoms with Crippen LogP contribution in [-0.4, -0.2) is 33.4 Å². The van der Waals surface area contributed by atoms with Crippen LogP contribution in [-0.2, 0) is 6.54 Å². The molecule has 0 saturated carbocycles. The summed E-state index contributed by atoms with van der Waals surface area (Å²) in [7, 11) is 0. The van der Waals surface area contributed by atoms with Crippen molar-refractivity contribution >= 4 is 53.5 Å². The van der Waals surface area contributed by atoms with Crippen LogP contribution in [0.1, 0.15) is 23.8 Å². The average Bonchev–Trinajstić information content (AvgIpc) is 3.06. The Morgan fingerprint density at radius 3 is 3.10 bits per heavy atom. The van der Waals surface area contributed by atoms with Gasteiger partial charge in [0.1, 0.15) is 0 Å². The van der Waals surface area contributed by atoms with E-state index >= 15 is 0 Å². The van der Waals surface area contributed by atoms with Crippen LogP contribution < -0.4 is 5.32 Å². The number of nitrogens with zero attached hydrogens (tertiary/aromatic N) is 3. The van der Waals surface area contributed by atoms with Crippen LogP contribution >= 0.6 is 15.9 Å². The monoisotopic (exact) mass is 412 g/mol. The van der Waals surface area contributed by atoms with Gasteiger partial charge in [-0.3, -0.25) is 0 Å². The third-order valence-corrected chi connectivity index (χ3v) is 4.67. The molecular weight excluding hydrogens is 399 g/mol. The maximum absolute atomic E-state index is 12.5. The van der Waals surface area contributed by atoms with E-state index in [4.69, 9.17) is 0 Å². The number of fused-ring (bicyclic) bond motifs is 1. The summed E-state index contributed by atoms with van der Waals surface area (Å²) in [5.41, 5.74) is 3.01. The number of nitrogens with one attached hydrogen (secondary N) is 1. The van der Waals surface area contributed by atoms with E-state index in [9.17, 15) is 4.79 Å². The molecule has 0 saturated heterocycles. The second-order valence-corrected chi connectivity index (χ2v) is 6.65. The van der Waals surface area contributed by atoms with Gasteiger partial charge in [-0.05, 0) is 0 Å². The predicted molar refractivity (Wildman–Crippen MR) is 86.9 cm³/mol. The summed E-state index contributed by atoms with van der Waals surface area (Å²) in [6, 6.07) is 7.49. The van der Waals surface area contributed by atoms with Crippen molar-refractivity contribution < 1.29 is 4.79 Å². The Hall–Kier alpha value is -1.43. The molecule has 21 heavy (non-hydrogen) atoms. The molecule has 108 valence electrons. The number of carbonyl (C=O) groups excluding carboxylic acids is 1. The van der Waals surface area contributed by atoms with E-state index in [1.165, 1.54) is 0 Å². The molecule has 0 fully saturated rings. The van der Waals surface area contributed by atoms with Gasteiger partial charge in [0, 0.05) is 0 Å². The van der Waals surface area contributed by atoms with E-state index in [1.54, 1.807) is 0 Å². The summed E-state index contributed by atoms with van der Waals surface area (Å²) in [4.78, 5) is 12.5. The van der Waals surface area contributed by atoms with Crippen molar-refractivity contribution in [1.29, 1.82) is 0 Å². The molecule has 0 aliphatic carbocycles. The van der Waals surface area contributed by atoms with Crippen LogP contribution in [0.3, 0.4) is 0 Å². The molecule has 1 amide bonds. The predicted octanol–water partition coefficient (Wildman–Crippen LogP) is 2.91. The van der Waals surface area contributed by atoms with Crippen molar-refractivity contribution in [3.05, 3.63) is 40.6 Å². The van der Waals surface area contributed by atoms with Gasteiger partial charge in [0.2, 0.25) is 0 Å². The second-order valence-electron chi connectivity index (χ2n) is 4.63. The number of benzene rings is 1. The van der Waals surface area contributed by atoms with Crippen LogP contribution in [0.4, 0.5) is 5.69 Å². The fourth-order valence-electron chi connectivity index (χ4n) is 2.18. The molecule has 2 aromatic heterocycles. The van der Waals surface area contributed by atoms with Crippen LogP contribution in [0, 0.1) is 0 Å². The third-order valence-electron chi connectivity index (χ3n) is 3.09. The molecule has 0 aliphatic heterocycles. The van der Waals surface area contributed by atoms with Crippen molar-refractivity contribution in [3.8, 4) is 0 Å². The minimum absolute atomic E-state index is 0.103. The Morgan fingerprint density at radius 1 is 1.43 bits per heavy atom. The van der Waals surface area contributed by atoms with Gasteiger partial charge < -0.3 is 0 Å². The van der Waals surface area contributed by atoms with Gasteiger partial charge in [-0.15, -0.1) is 0 Å². The van der Waals surface area contributed by atoms with Gasteiger partial charge in [-0.1, -0.05) is 0 Å². The first-order valence-electron chi connectivity index (χ1n) is 6.57. The molecule has 7 heteroatoms. The van der Waals surface area contributed by atoms with Crippen molar-refractivity contribution in [2.24, 2.45) is 0 Å². The average molecular weight is 412 g/mol. The number of carbonyl (C=O) groups is 1. The van der Waals surface area contributed by atoms with E-state index in [0.717, 1.165) is 34.2 Å². The summed E-state index contributed by atoms with van der Waals surface area (Å²) in [5, 5.41) is 2.95. The number of aromatic nitrogens is 3. The second kappa shape index (κ2) is 6.13. The van der Waals surface area contributed by atoms with Crippen molar-refractivity contribution in [1.82, 2.24) is 12.5 Å². The molecule has 1 N–H and O–H groups in total. The molecule has 2 heterocycles. The van der Waals surface area contributed by atoms with Gasteiger partial charge in [0.25, 0.3) is 0 Å². The fraction of sp³-hybridized carbons (Fsp3) is 0.214. The number of halogens is 1. The summed E-state index contributed by atoms with van der Waals surface area (Å²) < 4.78 is 11.6. The standard InChI is InChI=1S/C14H13BrN4OSe/c1-2-6-19-8-9(15)7-12(19)14(20)16-10-4-3-5-11-13(10)18-21-17-11/h3-5,7-8H,2,6H2,1H3,(H,16,20). The molecule has 3 rings (SSSR count). The first kappa shape index (κ1) is 14.5. The summed E-state index contributed by atoms with van der Waals surface area (Å²) in [5.74, 6) is -0.128. The van der Waals surface area contributed by atoms with Crippen LogP contribution in [0.25, 0.3) is 11.0 Å². The Kier molecular flexibility index (Phi) is 4.24. The quantitative estimate of drug-likeness (QED) is 0.671. The molecule has 5 nitrogen and oxygen atoms in total. The fourth-order valence-corrected chi connectivity index (χ4v) is 3.80. The number of hydrogen-bond donors (Lipinski definition) is 1. The zero-order valence-electron chi connectivity index (χ0n) is 11.3. The zero-order chi connectivity index (χ0) is 14.8. The van der Waals surface area contributed by atoms with E-state index in [2.05, 4.69) is 36.1 Å². The molecule has 0 radical (unpaired) electrons. The molecule has 0 atom stereocenters. The Balaban J connectivity index is 1.91. The summed E-state index contributed by atoms with van der Waals surface area (Å²) in [6.45, 7) is 2.90. The Morgan fingerprint density at radius 2 is 2.29 bits per heavy atom. The van der Waals surface area contributed by atoms with Crippen LogP contribution in [0.5, 0.6) is 0 Å². The molecule has 0 aliphatic rings. The van der Waals surface area contributed by atoms with Crippen molar-refractivity contribution in [2.45, 2.75) is 19.9 Å². The summed E-state index contributed by atoms with van der Waals surface area (Å²) >= 11 is 3.32. The number of rotatable bonds is 4. The van der Waals surface area contributed by atoms with E-state index in [0.29, 0.717) is 5.69 Å². The van der Waals surface area contributed by atoms with Crippen molar-refractivity contribution in [3.63, 3.8) is 0 Å². The SMILES string of the molecule is CCCn1cc(Br)cc1C(=O)Nc1cccc2n[se]nc12. The zero-order valence-corrected chi connectivity index (χ0v) is 14.6. The van der Waals surface area contributed by atoms with E-state index in [1.807, 2.05) is 35.0 Å². The number of amides is 1. The van der Waals surface area contributed by atoms with Crippen molar-refractivity contribution in [2.75, 3.05) is 5.32 Å². The molecule has 3 aromatic rings. The van der Waals surface area contributed by atoms with Gasteiger partial charge in [-0.2, -0.15) is 0 Å². The maximum atomic E-state index is 12.5. The Bertz CT molecular complexity index is 795. The molecular formula is C14H13BrN4OSe. The van der Waals surface area contributed by atoms with Gasteiger partial charge >= 0.3 is 137 Å². The number of aryl methyl sites for hydroxylation is 1. The van der Waals surface area contributed by atoms with Gasteiger partial charge in [0.05, 0.1) is 0 Å². The molecule has 0 bridgehead atoms. The summed E-state index contributed by atoms with van der Waals surface area (Å²) in [6.07, 6.45) is 2.90.